The summed E-state index contributed by atoms with van der Waals surface area (Å²) >= 11 is 0. The van der Waals surface area contributed by atoms with Gasteiger partial charge in [-0.1, -0.05) is 36.4 Å². The lowest BCUT2D eigenvalue weighted by Gasteiger charge is -2.17. The normalized spacial score (nSPS) is 14.2. The quantitative estimate of drug-likeness (QED) is 0.397. The van der Waals surface area contributed by atoms with Gasteiger partial charge in [-0.3, -0.25) is 13.9 Å². The molecule has 2 aromatic carbocycles. The first-order valence-corrected chi connectivity index (χ1v) is 12.5. The molecule has 0 aliphatic carbocycles. The monoisotopic (exact) mass is 511 g/mol. The van der Waals surface area contributed by atoms with Crippen molar-refractivity contribution >= 4 is 22.5 Å². The van der Waals surface area contributed by atoms with E-state index in [0.29, 0.717) is 33.2 Å². The van der Waals surface area contributed by atoms with Gasteiger partial charge in [0.05, 0.1) is 23.8 Å². The number of carbonyl (C=O) groups excluding carboxylic acids is 1. The van der Waals surface area contributed by atoms with Gasteiger partial charge in [0, 0.05) is 47.3 Å². The summed E-state index contributed by atoms with van der Waals surface area (Å²) in [7, 11) is 0.269. The first-order chi connectivity index (χ1) is 17.1. The smallest absolute Gasteiger partial charge is 0.333 e. The molecule has 1 unspecified atom stereocenters. The average molecular weight is 512 g/mol. The standard InChI is InChI=1S/C25H20F3N5O2S/c1-32-14-20(25(26,27)28)30-23(32)16-9-7-15(8-10-16)13-33-21(34)11-17-12-29-22(31-24(17)33)18-5-3-4-6-19(18)36(2)35/h3-10,12,14H,11,13H2,1-2H3. The molecule has 0 spiro atoms. The van der Waals surface area contributed by atoms with Crippen LogP contribution < -0.4 is 4.90 Å². The van der Waals surface area contributed by atoms with Gasteiger partial charge in [-0.15, -0.1) is 0 Å². The van der Waals surface area contributed by atoms with Crippen LogP contribution in [0, 0.1) is 0 Å². The molecule has 4 aromatic rings. The van der Waals surface area contributed by atoms with Crippen LogP contribution in [-0.4, -0.2) is 35.9 Å². The highest BCUT2D eigenvalue weighted by Gasteiger charge is 2.34. The molecule has 0 radical (unpaired) electrons. The van der Waals surface area contributed by atoms with Gasteiger partial charge < -0.3 is 4.57 Å². The van der Waals surface area contributed by atoms with Crippen molar-refractivity contribution in [2.75, 3.05) is 11.2 Å². The molecule has 0 N–H and O–H groups in total. The Morgan fingerprint density at radius 2 is 1.78 bits per heavy atom. The maximum absolute atomic E-state index is 13.0. The lowest BCUT2D eigenvalue weighted by molar-refractivity contribution is -0.140. The summed E-state index contributed by atoms with van der Waals surface area (Å²) in [6.07, 6.45) is -0.198. The number of benzene rings is 2. The molecule has 3 heterocycles. The van der Waals surface area contributed by atoms with Gasteiger partial charge in [0.1, 0.15) is 11.6 Å². The molecule has 36 heavy (non-hydrogen) atoms. The van der Waals surface area contributed by atoms with Gasteiger partial charge in [-0.25, -0.2) is 15.0 Å². The summed E-state index contributed by atoms with van der Waals surface area (Å²) in [5.41, 5.74) is 1.69. The summed E-state index contributed by atoms with van der Waals surface area (Å²) in [5.74, 6) is 0.933. The number of aryl methyl sites for hydroxylation is 1. The number of hydrogen-bond donors (Lipinski definition) is 0. The van der Waals surface area contributed by atoms with Crippen molar-refractivity contribution in [2.45, 2.75) is 24.0 Å². The van der Waals surface area contributed by atoms with Gasteiger partial charge in [0.25, 0.3) is 0 Å². The van der Waals surface area contributed by atoms with Gasteiger partial charge in [-0.2, -0.15) is 13.2 Å². The van der Waals surface area contributed by atoms with Crippen LogP contribution in [-0.2, 0) is 41.8 Å². The van der Waals surface area contributed by atoms with Crippen LogP contribution in [0.5, 0.6) is 0 Å². The van der Waals surface area contributed by atoms with Crippen LogP contribution in [0.15, 0.2) is 65.8 Å². The van der Waals surface area contributed by atoms with E-state index in [4.69, 9.17) is 0 Å². The minimum Gasteiger partial charge on any atom is -0.333 e. The number of alkyl halides is 3. The van der Waals surface area contributed by atoms with Crippen molar-refractivity contribution in [1.82, 2.24) is 19.5 Å². The molecular formula is C25H20F3N5O2S. The van der Waals surface area contributed by atoms with Crippen LogP contribution in [0.1, 0.15) is 16.8 Å². The van der Waals surface area contributed by atoms with E-state index in [9.17, 15) is 22.2 Å². The van der Waals surface area contributed by atoms with Gasteiger partial charge in [0.15, 0.2) is 11.5 Å². The third kappa shape index (κ3) is 4.41. The molecule has 11 heteroatoms. The van der Waals surface area contributed by atoms with E-state index < -0.39 is 22.7 Å². The van der Waals surface area contributed by atoms with Crippen molar-refractivity contribution in [2.24, 2.45) is 7.05 Å². The number of aromatic nitrogens is 4. The van der Waals surface area contributed by atoms with E-state index in [2.05, 4.69) is 15.0 Å². The average Bonchev–Trinajstić information content (AvgIpc) is 3.39. The number of halogens is 3. The molecule has 0 fully saturated rings. The molecular weight excluding hydrogens is 491 g/mol. The fourth-order valence-electron chi connectivity index (χ4n) is 4.14. The fraction of sp³-hybridized carbons (Fsp3) is 0.200. The predicted molar refractivity (Wildman–Crippen MR) is 128 cm³/mol. The molecule has 7 nitrogen and oxygen atoms in total. The summed E-state index contributed by atoms with van der Waals surface area (Å²) in [6.45, 7) is 0.234. The Bertz CT molecular complexity index is 1500. The van der Waals surface area contributed by atoms with Gasteiger partial charge >= 0.3 is 6.18 Å². The van der Waals surface area contributed by atoms with Crippen LogP contribution >= 0.6 is 0 Å². The van der Waals surface area contributed by atoms with E-state index in [1.807, 2.05) is 6.07 Å². The second-order valence-electron chi connectivity index (χ2n) is 8.40. The molecule has 1 aliphatic rings. The lowest BCUT2D eigenvalue weighted by Crippen LogP contribution is -2.26. The highest BCUT2D eigenvalue weighted by atomic mass is 32.2. The first kappa shape index (κ1) is 23.9. The number of hydrogen-bond acceptors (Lipinski definition) is 5. The SMILES string of the molecule is Cn1cc(C(F)(F)F)nc1-c1ccc(CN2C(=O)Cc3cnc(-c4ccccc4S(C)=O)nc32)cc1. The molecule has 0 saturated carbocycles. The van der Waals surface area contributed by atoms with E-state index >= 15 is 0 Å². The van der Waals surface area contributed by atoms with Crippen molar-refractivity contribution in [3.05, 3.63) is 77.7 Å². The zero-order chi connectivity index (χ0) is 25.6. The summed E-state index contributed by atoms with van der Waals surface area (Å²) < 4.78 is 52.5. The molecule has 0 saturated heterocycles. The van der Waals surface area contributed by atoms with E-state index in [1.165, 1.54) is 11.6 Å². The largest absolute Gasteiger partial charge is 0.434 e. The number of fused-ring (bicyclic) bond motifs is 1. The predicted octanol–water partition coefficient (Wildman–Crippen LogP) is 4.39. The molecule has 0 bridgehead atoms. The molecule has 1 aliphatic heterocycles. The maximum atomic E-state index is 13.0. The van der Waals surface area contributed by atoms with Gasteiger partial charge in [0.2, 0.25) is 5.91 Å². The second kappa shape index (κ2) is 8.98. The topological polar surface area (TPSA) is 81.0 Å². The Morgan fingerprint density at radius 1 is 1.06 bits per heavy atom. The second-order valence-corrected chi connectivity index (χ2v) is 9.75. The Kier molecular flexibility index (Phi) is 5.95. The number of imidazole rings is 1. The van der Waals surface area contributed by atoms with Crippen molar-refractivity contribution in [3.63, 3.8) is 0 Å². The third-order valence-electron chi connectivity index (χ3n) is 5.90. The van der Waals surface area contributed by atoms with Crippen LogP contribution in [0.25, 0.3) is 22.8 Å². The van der Waals surface area contributed by atoms with Crippen LogP contribution in [0.2, 0.25) is 0 Å². The molecule has 1 amide bonds. The van der Waals surface area contributed by atoms with E-state index in [0.717, 1.165) is 11.8 Å². The fourth-order valence-corrected chi connectivity index (χ4v) is 4.88. The molecule has 2 aromatic heterocycles. The number of nitrogens with zero attached hydrogens (tertiary/aromatic N) is 5. The summed E-state index contributed by atoms with van der Waals surface area (Å²) in [5, 5.41) is 0. The van der Waals surface area contributed by atoms with Crippen molar-refractivity contribution in [3.8, 4) is 22.8 Å². The Balaban J connectivity index is 1.42. The lowest BCUT2D eigenvalue weighted by atomic mass is 10.1. The van der Waals surface area contributed by atoms with Crippen LogP contribution in [0.4, 0.5) is 19.0 Å². The van der Waals surface area contributed by atoms with Crippen molar-refractivity contribution < 1.29 is 22.2 Å². The minimum atomic E-state index is -4.52. The summed E-state index contributed by atoms with van der Waals surface area (Å²) in [6, 6.07) is 14.0. The molecule has 184 valence electrons. The van der Waals surface area contributed by atoms with Crippen LogP contribution in [0.3, 0.4) is 0 Å². The number of amides is 1. The number of anilines is 1. The maximum Gasteiger partial charge on any atom is 0.434 e. The molecule has 5 rings (SSSR count). The van der Waals surface area contributed by atoms with E-state index in [-0.39, 0.29) is 24.7 Å². The minimum absolute atomic E-state index is 0.133. The van der Waals surface area contributed by atoms with Crippen molar-refractivity contribution in [1.29, 1.82) is 0 Å². The molecule has 1 atom stereocenters. The summed E-state index contributed by atoms with van der Waals surface area (Å²) in [4.78, 5) is 27.7. The first-order valence-electron chi connectivity index (χ1n) is 10.9. The highest BCUT2D eigenvalue weighted by molar-refractivity contribution is 7.84. The number of carbonyl (C=O) groups is 1. The third-order valence-corrected chi connectivity index (χ3v) is 6.87. The van der Waals surface area contributed by atoms with Gasteiger partial charge in [-0.05, 0) is 17.7 Å². The zero-order valence-corrected chi connectivity index (χ0v) is 20.1. The van der Waals surface area contributed by atoms with E-state index in [1.54, 1.807) is 59.8 Å². The zero-order valence-electron chi connectivity index (χ0n) is 19.3. The Labute approximate surface area is 207 Å². The number of rotatable bonds is 5. The highest BCUT2D eigenvalue weighted by Crippen LogP contribution is 2.33. The Hall–Kier alpha value is -3.86. The Morgan fingerprint density at radius 3 is 2.44 bits per heavy atom.